The van der Waals surface area contributed by atoms with E-state index in [-0.39, 0.29) is 30.5 Å². The van der Waals surface area contributed by atoms with E-state index in [1.54, 1.807) is 0 Å². The lowest BCUT2D eigenvalue weighted by Crippen LogP contribution is -2.27. The molecule has 5 atom stereocenters. The summed E-state index contributed by atoms with van der Waals surface area (Å²) in [7, 11) is 0. The third-order valence-electron chi connectivity index (χ3n) is 6.44. The van der Waals surface area contributed by atoms with Crippen LogP contribution in [0.25, 0.3) is 0 Å². The zero-order valence-corrected chi connectivity index (χ0v) is 19.0. The number of esters is 1. The third kappa shape index (κ3) is 8.66. The standard InChI is InChI=1S/C24H42O6/c1-24(2,3)30-23(28)16-29-14-8-7-11-18-19(22(27)15-21(18)26)12-13-20(25)17-9-5-4-6-10-17/h7-8,17-22,25-27H,4-6,9-16H2,1-3H3/b8-7-/t18-,19-,20-,21+,22-/m1/s1. The maximum absolute atomic E-state index is 11.6. The monoisotopic (exact) mass is 426 g/mol. The zero-order chi connectivity index (χ0) is 22.1. The Hall–Kier alpha value is -0.950. The predicted molar refractivity (Wildman–Crippen MR) is 116 cm³/mol. The molecule has 0 heterocycles. The molecule has 2 aliphatic carbocycles. The lowest BCUT2D eigenvalue weighted by molar-refractivity contribution is -0.159. The molecule has 6 heteroatoms. The summed E-state index contributed by atoms with van der Waals surface area (Å²) in [6.07, 6.45) is 10.8. The van der Waals surface area contributed by atoms with Crippen LogP contribution in [-0.4, -0.2) is 58.4 Å². The van der Waals surface area contributed by atoms with Gasteiger partial charge in [0.2, 0.25) is 0 Å². The lowest BCUT2D eigenvalue weighted by atomic mass is 9.80. The number of aliphatic hydroxyl groups excluding tert-OH is 3. The third-order valence-corrected chi connectivity index (χ3v) is 6.44. The van der Waals surface area contributed by atoms with Gasteiger partial charge in [-0.05, 0) is 77.0 Å². The first-order valence-electron chi connectivity index (χ1n) is 11.7. The van der Waals surface area contributed by atoms with Crippen molar-refractivity contribution in [2.45, 2.75) is 102 Å². The highest BCUT2D eigenvalue weighted by atomic mass is 16.6. The summed E-state index contributed by atoms with van der Waals surface area (Å²) >= 11 is 0. The Morgan fingerprint density at radius 2 is 1.73 bits per heavy atom. The van der Waals surface area contributed by atoms with Crippen molar-refractivity contribution in [3.05, 3.63) is 12.2 Å². The molecule has 0 unspecified atom stereocenters. The van der Waals surface area contributed by atoms with Crippen LogP contribution in [0.5, 0.6) is 0 Å². The van der Waals surface area contributed by atoms with Crippen LogP contribution in [-0.2, 0) is 14.3 Å². The smallest absolute Gasteiger partial charge is 0.332 e. The Bertz CT molecular complexity index is 534. The van der Waals surface area contributed by atoms with Gasteiger partial charge in [0, 0.05) is 0 Å². The molecule has 0 aromatic heterocycles. The largest absolute Gasteiger partial charge is 0.458 e. The quantitative estimate of drug-likeness (QED) is 0.282. The first-order valence-corrected chi connectivity index (χ1v) is 11.7. The van der Waals surface area contributed by atoms with E-state index in [2.05, 4.69) is 0 Å². The van der Waals surface area contributed by atoms with Crippen LogP contribution in [0.4, 0.5) is 0 Å². The fraction of sp³-hybridized carbons (Fsp3) is 0.875. The van der Waals surface area contributed by atoms with E-state index in [0.29, 0.717) is 31.8 Å². The second-order valence-electron chi connectivity index (χ2n) is 10.0. The second-order valence-corrected chi connectivity index (χ2v) is 10.0. The summed E-state index contributed by atoms with van der Waals surface area (Å²) in [4.78, 5) is 11.6. The number of hydrogen-bond donors (Lipinski definition) is 3. The zero-order valence-electron chi connectivity index (χ0n) is 19.0. The Balaban J connectivity index is 1.71. The molecular formula is C24H42O6. The van der Waals surface area contributed by atoms with E-state index in [0.717, 1.165) is 19.3 Å². The number of ether oxygens (including phenoxy) is 2. The summed E-state index contributed by atoms with van der Waals surface area (Å²) in [5.41, 5.74) is -0.519. The molecule has 0 spiro atoms. The van der Waals surface area contributed by atoms with Crippen molar-refractivity contribution in [1.82, 2.24) is 0 Å². The number of rotatable bonds is 10. The van der Waals surface area contributed by atoms with Crippen molar-refractivity contribution in [3.8, 4) is 0 Å². The van der Waals surface area contributed by atoms with Gasteiger partial charge in [0.15, 0.2) is 0 Å². The van der Waals surface area contributed by atoms with E-state index in [1.807, 2.05) is 32.9 Å². The maximum Gasteiger partial charge on any atom is 0.332 e. The molecule has 3 N–H and O–H groups in total. The van der Waals surface area contributed by atoms with E-state index < -0.39 is 17.8 Å². The van der Waals surface area contributed by atoms with Crippen molar-refractivity contribution in [3.63, 3.8) is 0 Å². The van der Waals surface area contributed by atoms with Crippen molar-refractivity contribution < 1.29 is 29.6 Å². The molecule has 0 saturated heterocycles. The number of carbonyl (C=O) groups excluding carboxylic acids is 1. The summed E-state index contributed by atoms with van der Waals surface area (Å²) in [6.45, 7) is 5.66. The van der Waals surface area contributed by atoms with E-state index in [9.17, 15) is 20.1 Å². The van der Waals surface area contributed by atoms with Crippen LogP contribution in [0.3, 0.4) is 0 Å². The Morgan fingerprint density at radius 1 is 1.07 bits per heavy atom. The molecule has 174 valence electrons. The first kappa shape index (κ1) is 25.3. The molecule has 2 aliphatic rings. The van der Waals surface area contributed by atoms with Gasteiger partial charge in [-0.25, -0.2) is 4.79 Å². The normalized spacial score (nSPS) is 29.4. The summed E-state index contributed by atoms with van der Waals surface area (Å²) in [6, 6.07) is 0. The van der Waals surface area contributed by atoms with Crippen molar-refractivity contribution in [1.29, 1.82) is 0 Å². The molecule has 0 bridgehead atoms. The highest BCUT2D eigenvalue weighted by molar-refractivity contribution is 5.71. The van der Waals surface area contributed by atoms with Gasteiger partial charge in [0.05, 0.1) is 24.9 Å². The van der Waals surface area contributed by atoms with Gasteiger partial charge >= 0.3 is 5.97 Å². The molecule has 0 radical (unpaired) electrons. The van der Waals surface area contributed by atoms with Crippen LogP contribution in [0, 0.1) is 17.8 Å². The summed E-state index contributed by atoms with van der Waals surface area (Å²) < 4.78 is 10.5. The number of hydrogen-bond acceptors (Lipinski definition) is 6. The molecule has 6 nitrogen and oxygen atoms in total. The minimum Gasteiger partial charge on any atom is -0.458 e. The Morgan fingerprint density at radius 3 is 2.40 bits per heavy atom. The SMILES string of the molecule is CC(C)(C)OC(=O)COC/C=C\C[C@@H]1[C@@H](CC[C@@H](O)C2CCCCC2)[C@H](O)C[C@@H]1O. The Labute approximate surface area is 181 Å². The molecular weight excluding hydrogens is 384 g/mol. The summed E-state index contributed by atoms with van der Waals surface area (Å²) in [5, 5.41) is 31.3. The predicted octanol–water partition coefficient (Wildman–Crippen LogP) is 3.37. The lowest BCUT2D eigenvalue weighted by Gasteiger charge is -2.29. The molecule has 0 aromatic carbocycles. The minimum absolute atomic E-state index is 0.00516. The van der Waals surface area contributed by atoms with Gasteiger partial charge in [-0.2, -0.15) is 0 Å². The van der Waals surface area contributed by atoms with E-state index in [1.165, 1.54) is 19.3 Å². The number of aliphatic hydroxyl groups is 3. The fourth-order valence-electron chi connectivity index (χ4n) is 4.93. The topological polar surface area (TPSA) is 96.2 Å². The van der Waals surface area contributed by atoms with Crippen molar-refractivity contribution >= 4 is 5.97 Å². The van der Waals surface area contributed by atoms with Crippen LogP contribution in [0.2, 0.25) is 0 Å². The van der Waals surface area contributed by atoms with Gasteiger partial charge in [0.1, 0.15) is 12.2 Å². The molecule has 2 saturated carbocycles. The minimum atomic E-state index is -0.524. The molecule has 0 aromatic rings. The van der Waals surface area contributed by atoms with Crippen molar-refractivity contribution in [2.24, 2.45) is 17.8 Å². The van der Waals surface area contributed by atoms with Gasteiger partial charge in [0.25, 0.3) is 0 Å². The van der Waals surface area contributed by atoms with Crippen LogP contribution in [0.15, 0.2) is 12.2 Å². The highest BCUT2D eigenvalue weighted by Gasteiger charge is 2.41. The van der Waals surface area contributed by atoms with Crippen LogP contribution >= 0.6 is 0 Å². The first-order chi connectivity index (χ1) is 14.2. The van der Waals surface area contributed by atoms with Crippen molar-refractivity contribution in [2.75, 3.05) is 13.2 Å². The van der Waals surface area contributed by atoms with Crippen LogP contribution < -0.4 is 0 Å². The van der Waals surface area contributed by atoms with Gasteiger partial charge in [-0.1, -0.05) is 31.4 Å². The molecule has 0 aliphatic heterocycles. The molecule has 2 rings (SSSR count). The number of carbonyl (C=O) groups is 1. The molecule has 0 amide bonds. The number of allylic oxidation sites excluding steroid dienone is 1. The van der Waals surface area contributed by atoms with Gasteiger partial charge in [-0.15, -0.1) is 0 Å². The fourth-order valence-corrected chi connectivity index (χ4v) is 4.93. The molecule has 30 heavy (non-hydrogen) atoms. The van der Waals surface area contributed by atoms with Gasteiger partial charge < -0.3 is 24.8 Å². The van der Waals surface area contributed by atoms with Crippen LogP contribution in [0.1, 0.15) is 78.6 Å². The summed E-state index contributed by atoms with van der Waals surface area (Å²) in [5.74, 6) is -0.00394. The molecule has 2 fully saturated rings. The average molecular weight is 427 g/mol. The maximum atomic E-state index is 11.6. The van der Waals surface area contributed by atoms with Gasteiger partial charge in [-0.3, -0.25) is 0 Å². The van der Waals surface area contributed by atoms with E-state index >= 15 is 0 Å². The Kier molecular flexibility index (Phi) is 10.3. The highest BCUT2D eigenvalue weighted by Crippen LogP contribution is 2.39. The van der Waals surface area contributed by atoms with E-state index in [4.69, 9.17) is 9.47 Å². The second kappa shape index (κ2) is 12.2. The average Bonchev–Trinajstić information content (AvgIpc) is 2.94.